The molecule has 0 atom stereocenters. The molecule has 3 heteroatoms. The summed E-state index contributed by atoms with van der Waals surface area (Å²) in [4.78, 5) is 1.49. The number of hydrogen-bond acceptors (Lipinski definition) is 1. The summed E-state index contributed by atoms with van der Waals surface area (Å²) in [6, 6.07) is 0. The van der Waals surface area contributed by atoms with Crippen LogP contribution in [0, 0.1) is 0 Å². The van der Waals surface area contributed by atoms with Crippen molar-refractivity contribution >= 4 is 0 Å². The van der Waals surface area contributed by atoms with Crippen LogP contribution in [0.15, 0.2) is 12.3 Å². The number of alkyl halides is 2. The highest BCUT2D eigenvalue weighted by molar-refractivity contribution is 4.94. The first-order chi connectivity index (χ1) is 4.10. The Hall–Kier alpha value is -0.600. The predicted molar refractivity (Wildman–Crippen MR) is 31.3 cm³/mol. The Labute approximate surface area is 53.0 Å². The fraction of sp³-hybridized carbons (Fsp3) is 0.667. The van der Waals surface area contributed by atoms with Crippen LogP contribution in [-0.4, -0.2) is 24.4 Å². The minimum Gasteiger partial charge on any atom is -0.375 e. The molecule has 9 heavy (non-hydrogen) atoms. The van der Waals surface area contributed by atoms with E-state index in [1.54, 1.807) is 13.2 Å². The molecule has 1 rings (SSSR count). The van der Waals surface area contributed by atoms with Gasteiger partial charge in [-0.05, 0) is 6.20 Å². The van der Waals surface area contributed by atoms with Crippen LogP contribution in [0.1, 0.15) is 6.42 Å². The van der Waals surface area contributed by atoms with Gasteiger partial charge in [0, 0.05) is 13.5 Å². The summed E-state index contributed by atoms with van der Waals surface area (Å²) in [6.07, 6.45) is 3.05. The Morgan fingerprint density at radius 2 is 2.22 bits per heavy atom. The Kier molecular flexibility index (Phi) is 1.43. The SMILES string of the molecule is CN1C=CCC(F)(F)C1. The fourth-order valence-corrected chi connectivity index (χ4v) is 0.887. The van der Waals surface area contributed by atoms with Gasteiger partial charge >= 0.3 is 0 Å². The molecule has 0 radical (unpaired) electrons. The number of hydrogen-bond donors (Lipinski definition) is 0. The molecule has 0 bridgehead atoms. The summed E-state index contributed by atoms with van der Waals surface area (Å²) in [5, 5.41) is 0. The molecule has 0 unspecified atom stereocenters. The summed E-state index contributed by atoms with van der Waals surface area (Å²) in [6.45, 7) is -0.149. The minimum atomic E-state index is -2.51. The van der Waals surface area contributed by atoms with E-state index < -0.39 is 5.92 Å². The molecular weight excluding hydrogens is 124 g/mol. The zero-order valence-electron chi connectivity index (χ0n) is 5.27. The van der Waals surface area contributed by atoms with Gasteiger partial charge in [-0.15, -0.1) is 0 Å². The molecule has 1 heterocycles. The molecule has 1 nitrogen and oxygen atoms in total. The summed E-state index contributed by atoms with van der Waals surface area (Å²) >= 11 is 0. The molecule has 0 fully saturated rings. The lowest BCUT2D eigenvalue weighted by Gasteiger charge is -2.25. The van der Waals surface area contributed by atoms with Gasteiger partial charge in [-0.3, -0.25) is 0 Å². The van der Waals surface area contributed by atoms with Gasteiger partial charge in [-0.1, -0.05) is 6.08 Å². The number of nitrogens with zero attached hydrogens (tertiary/aromatic N) is 1. The molecule has 52 valence electrons. The topological polar surface area (TPSA) is 3.24 Å². The van der Waals surface area contributed by atoms with Crippen molar-refractivity contribution in [3.63, 3.8) is 0 Å². The molecule has 0 N–H and O–H groups in total. The Bertz CT molecular complexity index is 131. The maximum absolute atomic E-state index is 12.4. The molecule has 0 amide bonds. The van der Waals surface area contributed by atoms with Gasteiger partial charge in [0.2, 0.25) is 0 Å². The van der Waals surface area contributed by atoms with Crippen molar-refractivity contribution in [2.24, 2.45) is 0 Å². The second kappa shape index (κ2) is 1.97. The van der Waals surface area contributed by atoms with E-state index in [1.807, 2.05) is 0 Å². The van der Waals surface area contributed by atoms with Crippen molar-refractivity contribution in [1.29, 1.82) is 0 Å². The molecule has 1 aliphatic rings. The van der Waals surface area contributed by atoms with Gasteiger partial charge in [0.25, 0.3) is 5.92 Å². The Morgan fingerprint density at radius 1 is 1.56 bits per heavy atom. The molecule has 0 aromatic heterocycles. The Morgan fingerprint density at radius 3 is 2.56 bits per heavy atom. The lowest BCUT2D eigenvalue weighted by molar-refractivity contribution is -0.0213. The van der Waals surface area contributed by atoms with Crippen molar-refractivity contribution in [2.45, 2.75) is 12.3 Å². The lowest BCUT2D eigenvalue weighted by atomic mass is 10.2. The van der Waals surface area contributed by atoms with Crippen LogP contribution in [0.4, 0.5) is 8.78 Å². The van der Waals surface area contributed by atoms with Crippen molar-refractivity contribution in [3.8, 4) is 0 Å². The van der Waals surface area contributed by atoms with E-state index in [4.69, 9.17) is 0 Å². The van der Waals surface area contributed by atoms with E-state index in [1.165, 1.54) is 11.0 Å². The van der Waals surface area contributed by atoms with Crippen LogP contribution in [0.5, 0.6) is 0 Å². The van der Waals surface area contributed by atoms with Crippen LogP contribution in [0.2, 0.25) is 0 Å². The highest BCUT2D eigenvalue weighted by Gasteiger charge is 2.30. The van der Waals surface area contributed by atoms with Gasteiger partial charge in [0.1, 0.15) is 0 Å². The van der Waals surface area contributed by atoms with E-state index in [0.717, 1.165) is 0 Å². The number of allylic oxidation sites excluding steroid dienone is 1. The van der Waals surface area contributed by atoms with Gasteiger partial charge in [0.15, 0.2) is 0 Å². The van der Waals surface area contributed by atoms with Gasteiger partial charge < -0.3 is 4.90 Å². The average molecular weight is 133 g/mol. The first-order valence-electron chi connectivity index (χ1n) is 2.85. The first-order valence-corrected chi connectivity index (χ1v) is 2.85. The molecule has 0 aromatic carbocycles. The number of halogens is 2. The van der Waals surface area contributed by atoms with Crippen LogP contribution < -0.4 is 0 Å². The van der Waals surface area contributed by atoms with E-state index >= 15 is 0 Å². The molecule has 0 aliphatic carbocycles. The molecule has 0 saturated heterocycles. The van der Waals surface area contributed by atoms with Crippen LogP contribution in [0.25, 0.3) is 0 Å². The lowest BCUT2D eigenvalue weighted by Crippen LogP contribution is -2.33. The van der Waals surface area contributed by atoms with Crippen molar-refractivity contribution in [3.05, 3.63) is 12.3 Å². The number of rotatable bonds is 0. The third kappa shape index (κ3) is 1.66. The van der Waals surface area contributed by atoms with Gasteiger partial charge in [-0.25, -0.2) is 8.78 Å². The monoisotopic (exact) mass is 133 g/mol. The second-order valence-electron chi connectivity index (χ2n) is 2.36. The molecule has 0 spiro atoms. The van der Waals surface area contributed by atoms with E-state index in [-0.39, 0.29) is 13.0 Å². The van der Waals surface area contributed by atoms with Gasteiger partial charge in [0.05, 0.1) is 6.54 Å². The van der Waals surface area contributed by atoms with Crippen LogP contribution >= 0.6 is 0 Å². The summed E-state index contributed by atoms with van der Waals surface area (Å²) < 4.78 is 24.7. The highest BCUT2D eigenvalue weighted by Crippen LogP contribution is 2.23. The molecule has 0 aromatic rings. The molecular formula is C6H9F2N. The van der Waals surface area contributed by atoms with Gasteiger partial charge in [-0.2, -0.15) is 0 Å². The van der Waals surface area contributed by atoms with E-state index in [9.17, 15) is 8.78 Å². The van der Waals surface area contributed by atoms with E-state index in [2.05, 4.69) is 0 Å². The Balaban J connectivity index is 2.58. The molecule has 1 aliphatic heterocycles. The second-order valence-corrected chi connectivity index (χ2v) is 2.36. The van der Waals surface area contributed by atoms with Crippen molar-refractivity contribution in [1.82, 2.24) is 4.90 Å². The first kappa shape index (κ1) is 6.52. The van der Waals surface area contributed by atoms with Crippen LogP contribution in [0.3, 0.4) is 0 Å². The zero-order valence-corrected chi connectivity index (χ0v) is 5.27. The van der Waals surface area contributed by atoms with E-state index in [0.29, 0.717) is 0 Å². The van der Waals surface area contributed by atoms with Crippen LogP contribution in [-0.2, 0) is 0 Å². The minimum absolute atomic E-state index is 0.114. The summed E-state index contributed by atoms with van der Waals surface area (Å²) in [5.41, 5.74) is 0. The predicted octanol–water partition coefficient (Wildman–Crippen LogP) is 1.47. The van der Waals surface area contributed by atoms with Crippen molar-refractivity contribution < 1.29 is 8.78 Å². The highest BCUT2D eigenvalue weighted by atomic mass is 19.3. The quantitative estimate of drug-likeness (QED) is 0.483. The summed E-state index contributed by atoms with van der Waals surface area (Å²) in [5.74, 6) is -2.51. The van der Waals surface area contributed by atoms with Crippen molar-refractivity contribution in [2.75, 3.05) is 13.6 Å². The maximum atomic E-state index is 12.4. The maximum Gasteiger partial charge on any atom is 0.268 e. The molecule has 0 saturated carbocycles. The average Bonchev–Trinajstić information content (AvgIpc) is 1.60. The largest absolute Gasteiger partial charge is 0.375 e. The summed E-state index contributed by atoms with van der Waals surface area (Å²) in [7, 11) is 1.64. The fourth-order valence-electron chi connectivity index (χ4n) is 0.887. The third-order valence-corrected chi connectivity index (χ3v) is 1.26. The third-order valence-electron chi connectivity index (χ3n) is 1.26. The normalized spacial score (nSPS) is 24.6. The zero-order chi connectivity index (χ0) is 6.91. The smallest absolute Gasteiger partial charge is 0.268 e. The standard InChI is InChI=1S/C6H9F2N/c1-9-4-2-3-6(7,8)5-9/h2,4H,3,5H2,1H3.